The van der Waals surface area contributed by atoms with Crippen molar-refractivity contribution in [2.75, 3.05) is 26.3 Å². The Bertz CT molecular complexity index is 1510. The van der Waals surface area contributed by atoms with Crippen molar-refractivity contribution < 1.29 is 14.2 Å². The average molecular weight is 611 g/mol. The third kappa shape index (κ3) is 6.81. The predicted molar refractivity (Wildman–Crippen MR) is 163 cm³/mol. The number of aromatic nitrogens is 2. The van der Waals surface area contributed by atoms with Gasteiger partial charge in [-0.05, 0) is 59.5 Å². The number of rotatable bonds is 9. The van der Waals surface area contributed by atoms with Gasteiger partial charge in [-0.3, -0.25) is 4.90 Å². The average Bonchev–Trinajstić information content (AvgIpc) is 3.63. The van der Waals surface area contributed by atoms with Crippen LogP contribution < -0.4 is 4.74 Å². The summed E-state index contributed by atoms with van der Waals surface area (Å²) in [7, 11) is 0. The molecule has 1 aromatic heterocycles. The van der Waals surface area contributed by atoms with Crippen LogP contribution in [0.3, 0.4) is 0 Å². The Morgan fingerprint density at radius 2 is 1.85 bits per heavy atom. The molecule has 9 heteroatoms. The first-order valence-corrected chi connectivity index (χ1v) is 14.7. The molecular weight excluding hydrogens is 581 g/mol. The van der Waals surface area contributed by atoms with Crippen molar-refractivity contribution in [2.45, 2.75) is 31.4 Å². The van der Waals surface area contributed by atoms with Crippen molar-refractivity contribution in [3.8, 4) is 5.75 Å². The molecular formula is C32H30Cl3N3O3. The summed E-state index contributed by atoms with van der Waals surface area (Å²) < 4.78 is 20.9. The number of nitrogens with zero attached hydrogens (tertiary/aromatic N) is 3. The molecule has 2 aliphatic heterocycles. The van der Waals surface area contributed by atoms with E-state index in [0.29, 0.717) is 29.8 Å². The monoisotopic (exact) mass is 609 g/mol. The number of imidazole rings is 1. The molecule has 0 radical (unpaired) electrons. The van der Waals surface area contributed by atoms with E-state index in [-0.39, 0.29) is 6.10 Å². The molecule has 212 valence electrons. The summed E-state index contributed by atoms with van der Waals surface area (Å²) in [6.07, 6.45) is 10.4. The van der Waals surface area contributed by atoms with Crippen molar-refractivity contribution in [2.24, 2.45) is 0 Å². The zero-order valence-electron chi connectivity index (χ0n) is 22.4. The van der Waals surface area contributed by atoms with Crippen LogP contribution in [0, 0.1) is 0 Å². The lowest BCUT2D eigenvalue weighted by Crippen LogP contribution is -2.34. The Morgan fingerprint density at radius 3 is 2.66 bits per heavy atom. The fourth-order valence-corrected chi connectivity index (χ4v) is 5.99. The molecule has 41 heavy (non-hydrogen) atoms. The van der Waals surface area contributed by atoms with Crippen LogP contribution in [0.2, 0.25) is 15.1 Å². The highest BCUT2D eigenvalue weighted by atomic mass is 35.5. The number of benzene rings is 3. The lowest BCUT2D eigenvalue weighted by molar-refractivity contribution is -0.189. The largest absolute Gasteiger partial charge is 0.491 e. The minimum Gasteiger partial charge on any atom is -0.491 e. The van der Waals surface area contributed by atoms with Crippen LogP contribution >= 0.6 is 34.8 Å². The molecule has 6 nitrogen and oxygen atoms in total. The maximum atomic E-state index is 6.59. The number of fused-ring (bicyclic) bond motifs is 1. The Hall–Kier alpha value is -2.84. The number of hydrogen-bond acceptors (Lipinski definition) is 5. The van der Waals surface area contributed by atoms with Gasteiger partial charge in [0.05, 0.1) is 24.5 Å². The first kappa shape index (κ1) is 28.3. The summed E-state index contributed by atoms with van der Waals surface area (Å²) in [5, 5.41) is 1.80. The second-order valence-corrected chi connectivity index (χ2v) is 11.6. The molecule has 3 aromatic carbocycles. The molecule has 1 fully saturated rings. The summed E-state index contributed by atoms with van der Waals surface area (Å²) in [4.78, 5) is 6.60. The van der Waals surface area contributed by atoms with E-state index in [1.165, 1.54) is 11.1 Å². The van der Waals surface area contributed by atoms with Gasteiger partial charge < -0.3 is 18.8 Å². The highest BCUT2D eigenvalue weighted by Gasteiger charge is 2.45. The highest BCUT2D eigenvalue weighted by Crippen LogP contribution is 2.40. The van der Waals surface area contributed by atoms with Gasteiger partial charge in [0.25, 0.3) is 0 Å². The van der Waals surface area contributed by atoms with Gasteiger partial charge in [0, 0.05) is 47.6 Å². The quantitative estimate of drug-likeness (QED) is 0.200. The molecule has 0 bridgehead atoms. The van der Waals surface area contributed by atoms with E-state index in [9.17, 15) is 0 Å². The minimum absolute atomic E-state index is 0.274. The summed E-state index contributed by atoms with van der Waals surface area (Å²) >= 11 is 18.7. The van der Waals surface area contributed by atoms with E-state index in [0.717, 1.165) is 48.0 Å². The van der Waals surface area contributed by atoms with Gasteiger partial charge in [-0.2, -0.15) is 0 Å². The summed E-state index contributed by atoms with van der Waals surface area (Å²) in [6.45, 7) is 3.94. The van der Waals surface area contributed by atoms with Gasteiger partial charge >= 0.3 is 0 Å². The molecule has 3 heterocycles. The number of ether oxygens (including phenoxy) is 3. The summed E-state index contributed by atoms with van der Waals surface area (Å²) in [5.41, 5.74) is 4.54. The van der Waals surface area contributed by atoms with Gasteiger partial charge in [0.2, 0.25) is 5.79 Å². The van der Waals surface area contributed by atoms with Crippen molar-refractivity contribution >= 4 is 40.9 Å². The lowest BCUT2D eigenvalue weighted by Gasteiger charge is -2.30. The van der Waals surface area contributed by atoms with E-state index in [2.05, 4.69) is 34.2 Å². The van der Waals surface area contributed by atoms with Crippen LogP contribution in [0.5, 0.6) is 5.75 Å². The maximum absolute atomic E-state index is 6.59. The smallest absolute Gasteiger partial charge is 0.215 e. The topological polar surface area (TPSA) is 48.8 Å². The lowest BCUT2D eigenvalue weighted by atomic mass is 9.99. The van der Waals surface area contributed by atoms with E-state index in [1.807, 2.05) is 47.2 Å². The fourth-order valence-electron chi connectivity index (χ4n) is 5.31. The number of hydrogen-bond donors (Lipinski definition) is 0. The van der Waals surface area contributed by atoms with Gasteiger partial charge in [-0.1, -0.05) is 71.2 Å². The van der Waals surface area contributed by atoms with Gasteiger partial charge in [0.15, 0.2) is 0 Å². The zero-order chi connectivity index (χ0) is 28.2. The van der Waals surface area contributed by atoms with Gasteiger partial charge in [-0.15, -0.1) is 0 Å². The molecule has 0 N–H and O–H groups in total. The van der Waals surface area contributed by atoms with Crippen LogP contribution in [0.4, 0.5) is 0 Å². The molecule has 2 atom stereocenters. The van der Waals surface area contributed by atoms with E-state index in [1.54, 1.807) is 24.7 Å². The second kappa shape index (κ2) is 12.6. The predicted octanol–water partition coefficient (Wildman–Crippen LogP) is 7.26. The Morgan fingerprint density at radius 1 is 1.00 bits per heavy atom. The third-order valence-corrected chi connectivity index (χ3v) is 8.20. The van der Waals surface area contributed by atoms with Gasteiger partial charge in [0.1, 0.15) is 18.5 Å². The van der Waals surface area contributed by atoms with Crippen LogP contribution in [-0.2, 0) is 34.8 Å². The molecule has 0 amide bonds. The standard InChI is InChI=1S/C32H30Cl3N3O3/c33-26-6-3-23(4-7-26)2-1-13-37-14-11-24-16-28(9-5-25(24)18-37)39-19-29-20-40-32(41-29,21-38-15-12-36-22-38)30-10-8-27(34)17-31(30)35/h1-10,12,15-17,22,29H,11,13-14,18-21H2. The normalized spacial score (nSPS) is 20.9. The van der Waals surface area contributed by atoms with E-state index in [4.69, 9.17) is 49.0 Å². The first-order chi connectivity index (χ1) is 20.0. The SMILES string of the molecule is Clc1ccc(C=CCN2CCc3cc(OCC4COC(Cn5ccnc5)(c5ccc(Cl)cc5Cl)O4)ccc3C2)cc1. The van der Waals surface area contributed by atoms with Crippen LogP contribution in [0.25, 0.3) is 6.08 Å². The summed E-state index contributed by atoms with van der Waals surface area (Å²) in [6, 6.07) is 19.6. The Kier molecular flexibility index (Phi) is 8.68. The van der Waals surface area contributed by atoms with Crippen molar-refractivity contribution in [3.05, 3.63) is 123 Å². The molecule has 0 aliphatic carbocycles. The maximum Gasteiger partial charge on any atom is 0.215 e. The van der Waals surface area contributed by atoms with Crippen LogP contribution in [0.15, 0.2) is 85.5 Å². The fraction of sp³-hybridized carbons (Fsp3) is 0.281. The first-order valence-electron chi connectivity index (χ1n) is 13.6. The van der Waals surface area contributed by atoms with Crippen molar-refractivity contribution in [3.63, 3.8) is 0 Å². The van der Waals surface area contributed by atoms with E-state index >= 15 is 0 Å². The highest BCUT2D eigenvalue weighted by molar-refractivity contribution is 6.35. The second-order valence-electron chi connectivity index (χ2n) is 10.3. The Balaban J connectivity index is 1.06. The van der Waals surface area contributed by atoms with Gasteiger partial charge in [-0.25, -0.2) is 4.98 Å². The molecule has 4 aromatic rings. The van der Waals surface area contributed by atoms with Crippen molar-refractivity contribution in [1.29, 1.82) is 0 Å². The van der Waals surface area contributed by atoms with Crippen molar-refractivity contribution in [1.82, 2.24) is 14.5 Å². The number of halogens is 3. The molecule has 0 saturated carbocycles. The summed E-state index contributed by atoms with van der Waals surface area (Å²) in [5.74, 6) is -0.238. The third-order valence-electron chi connectivity index (χ3n) is 7.40. The zero-order valence-corrected chi connectivity index (χ0v) is 24.7. The van der Waals surface area contributed by atoms with Crippen LogP contribution in [-0.4, -0.2) is 46.9 Å². The van der Waals surface area contributed by atoms with Crippen LogP contribution in [0.1, 0.15) is 22.3 Å². The molecule has 2 unspecified atom stereocenters. The molecule has 0 spiro atoms. The molecule has 1 saturated heterocycles. The molecule has 6 rings (SSSR count). The molecule has 2 aliphatic rings. The minimum atomic E-state index is -1.07. The Labute approximate surface area is 255 Å². The van der Waals surface area contributed by atoms with E-state index < -0.39 is 5.79 Å².